The number of morpholine rings is 1. The van der Waals surface area contributed by atoms with E-state index in [0.29, 0.717) is 18.8 Å². The number of hydrogen-bond acceptors (Lipinski definition) is 3. The molecule has 3 nitrogen and oxygen atoms in total. The van der Waals surface area contributed by atoms with Gasteiger partial charge in [-0.25, -0.2) is 4.39 Å². The lowest BCUT2D eigenvalue weighted by atomic mass is 10.2. The van der Waals surface area contributed by atoms with Gasteiger partial charge in [-0.3, -0.25) is 4.98 Å². The summed E-state index contributed by atoms with van der Waals surface area (Å²) in [5.74, 6) is -0.288. The molecule has 2 heterocycles. The van der Waals surface area contributed by atoms with Gasteiger partial charge in [0.15, 0.2) is 0 Å². The molecule has 4 heteroatoms. The second kappa shape index (κ2) is 4.02. The van der Waals surface area contributed by atoms with Crippen LogP contribution in [0.1, 0.15) is 17.5 Å². The van der Waals surface area contributed by atoms with Crippen LogP contribution >= 0.6 is 0 Å². The molecule has 0 bridgehead atoms. The summed E-state index contributed by atoms with van der Waals surface area (Å²) in [6, 6.07) is 3.10. The van der Waals surface area contributed by atoms with Crippen molar-refractivity contribution < 1.29 is 9.13 Å². The first-order chi connectivity index (χ1) is 6.77. The number of rotatable bonds is 1. The van der Waals surface area contributed by atoms with Gasteiger partial charge in [0.25, 0.3) is 0 Å². The summed E-state index contributed by atoms with van der Waals surface area (Å²) < 4.78 is 18.8. The average molecular weight is 196 g/mol. The molecule has 0 aliphatic carbocycles. The van der Waals surface area contributed by atoms with E-state index in [4.69, 9.17) is 4.74 Å². The van der Waals surface area contributed by atoms with Crippen LogP contribution in [0.5, 0.6) is 0 Å². The third-order valence-corrected chi connectivity index (χ3v) is 2.24. The van der Waals surface area contributed by atoms with Crippen LogP contribution in [0.4, 0.5) is 4.39 Å². The number of ether oxygens (including phenoxy) is 1. The molecular formula is C10H13FN2O. The number of nitrogens with one attached hydrogen (secondary N) is 1. The molecule has 1 fully saturated rings. The highest BCUT2D eigenvalue weighted by Crippen LogP contribution is 2.19. The Morgan fingerprint density at radius 1 is 1.57 bits per heavy atom. The maximum Gasteiger partial charge on any atom is 0.147 e. The SMILES string of the molecule is Cc1ccc(F)c([C@@H]2CNCCO2)n1. The van der Waals surface area contributed by atoms with Crippen LogP contribution in [0.2, 0.25) is 0 Å². The summed E-state index contributed by atoms with van der Waals surface area (Å²) >= 11 is 0. The predicted molar refractivity (Wildman–Crippen MR) is 50.5 cm³/mol. The van der Waals surface area contributed by atoms with E-state index in [1.54, 1.807) is 6.07 Å². The van der Waals surface area contributed by atoms with Crippen molar-refractivity contribution in [2.45, 2.75) is 13.0 Å². The topological polar surface area (TPSA) is 34.1 Å². The Morgan fingerprint density at radius 3 is 3.14 bits per heavy atom. The van der Waals surface area contributed by atoms with E-state index in [9.17, 15) is 4.39 Å². The number of halogens is 1. The van der Waals surface area contributed by atoms with E-state index in [0.717, 1.165) is 12.2 Å². The minimum absolute atomic E-state index is 0.247. The van der Waals surface area contributed by atoms with Gasteiger partial charge in [-0.05, 0) is 19.1 Å². The third-order valence-electron chi connectivity index (χ3n) is 2.24. The fourth-order valence-corrected chi connectivity index (χ4v) is 1.53. The number of aromatic nitrogens is 1. The Balaban J connectivity index is 2.24. The van der Waals surface area contributed by atoms with E-state index in [-0.39, 0.29) is 11.9 Å². The first-order valence-electron chi connectivity index (χ1n) is 4.73. The summed E-state index contributed by atoms with van der Waals surface area (Å²) in [7, 11) is 0. The molecule has 1 aromatic rings. The molecule has 76 valence electrons. The maximum absolute atomic E-state index is 13.4. The van der Waals surface area contributed by atoms with Gasteiger partial charge in [0.05, 0.1) is 6.61 Å². The molecule has 0 amide bonds. The standard InChI is InChI=1S/C10H13FN2O/c1-7-2-3-8(11)10(13-7)9-6-12-4-5-14-9/h2-3,9,12H,4-6H2,1H3/t9-/m0/s1. The zero-order valence-electron chi connectivity index (χ0n) is 8.09. The van der Waals surface area contributed by atoms with Gasteiger partial charge in [0.1, 0.15) is 17.6 Å². The number of nitrogens with zero attached hydrogens (tertiary/aromatic N) is 1. The van der Waals surface area contributed by atoms with Gasteiger partial charge in [-0.1, -0.05) is 0 Å². The van der Waals surface area contributed by atoms with Gasteiger partial charge in [-0.2, -0.15) is 0 Å². The Kier molecular flexibility index (Phi) is 2.74. The Morgan fingerprint density at radius 2 is 2.43 bits per heavy atom. The van der Waals surface area contributed by atoms with Gasteiger partial charge in [-0.15, -0.1) is 0 Å². The van der Waals surface area contributed by atoms with Crippen LogP contribution in [0.25, 0.3) is 0 Å². The molecule has 1 atom stereocenters. The monoisotopic (exact) mass is 196 g/mol. The third kappa shape index (κ3) is 1.91. The van der Waals surface area contributed by atoms with E-state index in [2.05, 4.69) is 10.3 Å². The Bertz CT molecular complexity index is 324. The number of aryl methyl sites for hydroxylation is 1. The van der Waals surface area contributed by atoms with Crippen molar-refractivity contribution in [2.24, 2.45) is 0 Å². The average Bonchev–Trinajstić information content (AvgIpc) is 2.23. The Hall–Kier alpha value is -1.00. The van der Waals surface area contributed by atoms with Crippen molar-refractivity contribution in [1.82, 2.24) is 10.3 Å². The summed E-state index contributed by atoms with van der Waals surface area (Å²) in [5, 5.41) is 3.15. The van der Waals surface area contributed by atoms with Gasteiger partial charge < -0.3 is 10.1 Å². The van der Waals surface area contributed by atoms with Crippen molar-refractivity contribution in [2.75, 3.05) is 19.7 Å². The number of pyridine rings is 1. The van der Waals surface area contributed by atoms with Crippen LogP contribution in [-0.2, 0) is 4.74 Å². The van der Waals surface area contributed by atoms with Crippen molar-refractivity contribution in [1.29, 1.82) is 0 Å². The van der Waals surface area contributed by atoms with Crippen molar-refractivity contribution in [3.8, 4) is 0 Å². The van der Waals surface area contributed by atoms with Crippen LogP contribution in [0, 0.1) is 12.7 Å². The molecule has 1 aliphatic heterocycles. The molecule has 1 aliphatic rings. The molecule has 1 aromatic heterocycles. The van der Waals surface area contributed by atoms with E-state index in [1.807, 2.05) is 6.92 Å². The molecule has 0 spiro atoms. The molecule has 0 saturated carbocycles. The van der Waals surface area contributed by atoms with Gasteiger partial charge in [0.2, 0.25) is 0 Å². The zero-order valence-corrected chi connectivity index (χ0v) is 8.09. The van der Waals surface area contributed by atoms with Gasteiger partial charge >= 0.3 is 0 Å². The van der Waals surface area contributed by atoms with Crippen molar-refractivity contribution in [3.63, 3.8) is 0 Å². The molecule has 1 N–H and O–H groups in total. The predicted octanol–water partition coefficient (Wildman–Crippen LogP) is 1.19. The molecule has 0 unspecified atom stereocenters. The first kappa shape index (κ1) is 9.55. The molecular weight excluding hydrogens is 183 g/mol. The minimum Gasteiger partial charge on any atom is -0.369 e. The first-order valence-corrected chi connectivity index (χ1v) is 4.73. The highest BCUT2D eigenvalue weighted by molar-refractivity contribution is 5.15. The van der Waals surface area contributed by atoms with E-state index in [1.165, 1.54) is 6.07 Å². The molecule has 0 aromatic carbocycles. The van der Waals surface area contributed by atoms with Crippen LogP contribution in [0.15, 0.2) is 12.1 Å². The lowest BCUT2D eigenvalue weighted by molar-refractivity contribution is 0.0226. The van der Waals surface area contributed by atoms with Crippen LogP contribution < -0.4 is 5.32 Å². The maximum atomic E-state index is 13.4. The molecule has 14 heavy (non-hydrogen) atoms. The fourth-order valence-electron chi connectivity index (χ4n) is 1.53. The quantitative estimate of drug-likeness (QED) is 0.732. The largest absolute Gasteiger partial charge is 0.369 e. The molecule has 1 saturated heterocycles. The normalized spacial score (nSPS) is 22.3. The van der Waals surface area contributed by atoms with E-state index < -0.39 is 0 Å². The lowest BCUT2D eigenvalue weighted by Gasteiger charge is -2.23. The van der Waals surface area contributed by atoms with Crippen LogP contribution in [0.3, 0.4) is 0 Å². The van der Waals surface area contributed by atoms with Crippen molar-refractivity contribution in [3.05, 3.63) is 29.3 Å². The second-order valence-electron chi connectivity index (χ2n) is 3.38. The van der Waals surface area contributed by atoms with E-state index >= 15 is 0 Å². The highest BCUT2D eigenvalue weighted by Gasteiger charge is 2.20. The smallest absolute Gasteiger partial charge is 0.147 e. The Labute approximate surface area is 82.3 Å². The summed E-state index contributed by atoms with van der Waals surface area (Å²) in [4.78, 5) is 4.16. The molecule has 0 radical (unpaired) electrons. The summed E-state index contributed by atoms with van der Waals surface area (Å²) in [6.07, 6.45) is -0.247. The van der Waals surface area contributed by atoms with Crippen LogP contribution in [-0.4, -0.2) is 24.7 Å². The highest BCUT2D eigenvalue weighted by atomic mass is 19.1. The second-order valence-corrected chi connectivity index (χ2v) is 3.38. The summed E-state index contributed by atoms with van der Waals surface area (Å²) in [6.45, 7) is 3.91. The number of hydrogen-bond donors (Lipinski definition) is 1. The van der Waals surface area contributed by atoms with Gasteiger partial charge in [0, 0.05) is 18.8 Å². The zero-order chi connectivity index (χ0) is 9.97. The minimum atomic E-state index is -0.288. The molecule has 2 rings (SSSR count). The fraction of sp³-hybridized carbons (Fsp3) is 0.500. The van der Waals surface area contributed by atoms with Crippen molar-refractivity contribution >= 4 is 0 Å². The summed E-state index contributed by atoms with van der Waals surface area (Å²) in [5.41, 5.74) is 1.23. The lowest BCUT2D eigenvalue weighted by Crippen LogP contribution is -2.34.